The van der Waals surface area contributed by atoms with E-state index in [1.54, 1.807) is 0 Å². The van der Waals surface area contributed by atoms with Crippen LogP contribution in [-0.2, 0) is 19.4 Å². The summed E-state index contributed by atoms with van der Waals surface area (Å²) in [5.74, 6) is 0.709. The van der Waals surface area contributed by atoms with Gasteiger partial charge in [0.1, 0.15) is 0 Å². The summed E-state index contributed by atoms with van der Waals surface area (Å²) in [5, 5.41) is 12.2. The SMILES string of the molecule is CCc1nnc(N2CCNCc3ccccc32)nc1CC. The van der Waals surface area contributed by atoms with Gasteiger partial charge < -0.3 is 10.2 Å². The summed E-state index contributed by atoms with van der Waals surface area (Å²) in [6, 6.07) is 8.41. The monoisotopic (exact) mass is 283 g/mol. The second-order valence-corrected chi connectivity index (χ2v) is 5.17. The summed E-state index contributed by atoms with van der Waals surface area (Å²) in [5.41, 5.74) is 4.51. The van der Waals surface area contributed by atoms with Crippen LogP contribution in [0.4, 0.5) is 11.6 Å². The third kappa shape index (κ3) is 2.74. The van der Waals surface area contributed by atoms with Crippen molar-refractivity contribution < 1.29 is 0 Å². The minimum atomic E-state index is 0.709. The molecule has 0 aliphatic carbocycles. The fourth-order valence-electron chi connectivity index (χ4n) is 2.71. The van der Waals surface area contributed by atoms with Crippen molar-refractivity contribution in [3.8, 4) is 0 Å². The van der Waals surface area contributed by atoms with E-state index in [-0.39, 0.29) is 0 Å². The van der Waals surface area contributed by atoms with Crippen LogP contribution in [0.5, 0.6) is 0 Å². The molecule has 3 rings (SSSR count). The number of hydrogen-bond acceptors (Lipinski definition) is 5. The number of rotatable bonds is 3. The third-order valence-electron chi connectivity index (χ3n) is 3.85. The first-order valence-electron chi connectivity index (χ1n) is 7.62. The van der Waals surface area contributed by atoms with Crippen molar-refractivity contribution in [2.45, 2.75) is 33.2 Å². The van der Waals surface area contributed by atoms with Crippen LogP contribution in [0.1, 0.15) is 30.8 Å². The fourth-order valence-corrected chi connectivity index (χ4v) is 2.71. The second kappa shape index (κ2) is 6.18. The number of para-hydroxylation sites is 1. The summed E-state index contributed by atoms with van der Waals surface area (Å²) >= 11 is 0. The summed E-state index contributed by atoms with van der Waals surface area (Å²) < 4.78 is 0. The molecule has 1 aromatic heterocycles. The van der Waals surface area contributed by atoms with E-state index >= 15 is 0 Å². The summed E-state index contributed by atoms with van der Waals surface area (Å²) in [7, 11) is 0. The molecule has 0 spiro atoms. The van der Waals surface area contributed by atoms with E-state index in [4.69, 9.17) is 4.98 Å². The van der Waals surface area contributed by atoms with Gasteiger partial charge in [-0.25, -0.2) is 4.98 Å². The van der Waals surface area contributed by atoms with Gasteiger partial charge in [-0.1, -0.05) is 32.0 Å². The van der Waals surface area contributed by atoms with Crippen LogP contribution in [0, 0.1) is 0 Å². The summed E-state index contributed by atoms with van der Waals surface area (Å²) in [4.78, 5) is 6.92. The molecule has 110 valence electrons. The van der Waals surface area contributed by atoms with Gasteiger partial charge in [0.15, 0.2) is 0 Å². The fraction of sp³-hybridized carbons (Fsp3) is 0.438. The molecule has 2 heterocycles. The van der Waals surface area contributed by atoms with Gasteiger partial charge in [0.05, 0.1) is 11.4 Å². The molecule has 21 heavy (non-hydrogen) atoms. The average molecular weight is 283 g/mol. The number of benzene rings is 1. The maximum absolute atomic E-state index is 4.75. The normalized spacial score (nSPS) is 14.7. The highest BCUT2D eigenvalue weighted by molar-refractivity contribution is 5.62. The van der Waals surface area contributed by atoms with Crippen LogP contribution in [0.15, 0.2) is 24.3 Å². The zero-order valence-electron chi connectivity index (χ0n) is 12.6. The Bertz CT molecular complexity index is 626. The van der Waals surface area contributed by atoms with Crippen LogP contribution in [0.2, 0.25) is 0 Å². The van der Waals surface area contributed by atoms with E-state index in [9.17, 15) is 0 Å². The summed E-state index contributed by atoms with van der Waals surface area (Å²) in [6.45, 7) is 6.86. The first-order valence-corrected chi connectivity index (χ1v) is 7.62. The van der Waals surface area contributed by atoms with Gasteiger partial charge in [-0.2, -0.15) is 0 Å². The minimum absolute atomic E-state index is 0.709. The Morgan fingerprint density at radius 2 is 1.90 bits per heavy atom. The molecule has 0 saturated heterocycles. The lowest BCUT2D eigenvalue weighted by Crippen LogP contribution is -2.27. The van der Waals surface area contributed by atoms with Gasteiger partial charge in [0.2, 0.25) is 5.95 Å². The van der Waals surface area contributed by atoms with Crippen LogP contribution >= 0.6 is 0 Å². The van der Waals surface area contributed by atoms with Crippen molar-refractivity contribution in [2.75, 3.05) is 18.0 Å². The van der Waals surface area contributed by atoms with Crippen molar-refractivity contribution in [3.05, 3.63) is 41.2 Å². The van der Waals surface area contributed by atoms with Crippen LogP contribution in [-0.4, -0.2) is 28.3 Å². The van der Waals surface area contributed by atoms with Gasteiger partial charge in [-0.15, -0.1) is 10.2 Å². The van der Waals surface area contributed by atoms with Crippen molar-refractivity contribution in [3.63, 3.8) is 0 Å². The maximum atomic E-state index is 4.75. The van der Waals surface area contributed by atoms with Gasteiger partial charge in [0, 0.05) is 25.3 Å². The molecule has 0 bridgehead atoms. The molecule has 5 nitrogen and oxygen atoms in total. The zero-order chi connectivity index (χ0) is 14.7. The van der Waals surface area contributed by atoms with E-state index in [0.717, 1.165) is 43.9 Å². The lowest BCUT2D eigenvalue weighted by atomic mass is 10.1. The van der Waals surface area contributed by atoms with E-state index in [1.165, 1.54) is 11.3 Å². The van der Waals surface area contributed by atoms with Gasteiger partial charge >= 0.3 is 0 Å². The van der Waals surface area contributed by atoms with Crippen LogP contribution < -0.4 is 10.2 Å². The number of hydrogen-bond donors (Lipinski definition) is 1. The van der Waals surface area contributed by atoms with E-state index < -0.39 is 0 Å². The number of aryl methyl sites for hydroxylation is 2. The zero-order valence-corrected chi connectivity index (χ0v) is 12.6. The summed E-state index contributed by atoms with van der Waals surface area (Å²) in [6.07, 6.45) is 1.76. The quantitative estimate of drug-likeness (QED) is 0.936. The van der Waals surface area contributed by atoms with Crippen molar-refractivity contribution in [1.82, 2.24) is 20.5 Å². The molecule has 1 aromatic carbocycles. The maximum Gasteiger partial charge on any atom is 0.250 e. The Kier molecular flexibility index (Phi) is 4.10. The molecular weight excluding hydrogens is 262 g/mol. The number of fused-ring (bicyclic) bond motifs is 1. The highest BCUT2D eigenvalue weighted by atomic mass is 15.3. The average Bonchev–Trinajstić information content (AvgIpc) is 2.76. The predicted molar refractivity (Wildman–Crippen MR) is 83.7 cm³/mol. The number of nitrogens with zero attached hydrogens (tertiary/aromatic N) is 4. The van der Waals surface area contributed by atoms with E-state index in [1.807, 2.05) is 0 Å². The third-order valence-corrected chi connectivity index (χ3v) is 3.85. The van der Waals surface area contributed by atoms with Gasteiger partial charge in [0.25, 0.3) is 0 Å². The number of aromatic nitrogens is 3. The molecule has 1 aliphatic heterocycles. The second-order valence-electron chi connectivity index (χ2n) is 5.17. The molecule has 1 aliphatic rings. The standard InChI is InChI=1S/C16H21N5/c1-3-13-14(4-2)19-20-16(18-13)21-10-9-17-11-12-7-5-6-8-15(12)21/h5-8,17H,3-4,9-11H2,1-2H3. The van der Waals surface area contributed by atoms with Crippen molar-refractivity contribution >= 4 is 11.6 Å². The molecule has 0 fully saturated rings. The molecule has 0 atom stereocenters. The predicted octanol–water partition coefficient (Wildman–Crippen LogP) is 2.24. The largest absolute Gasteiger partial charge is 0.311 e. The minimum Gasteiger partial charge on any atom is -0.311 e. The Balaban J connectivity index is 2.03. The lowest BCUT2D eigenvalue weighted by molar-refractivity contribution is 0.703. The Hall–Kier alpha value is -2.01. The Labute approximate surface area is 125 Å². The molecule has 0 amide bonds. The van der Waals surface area contributed by atoms with Crippen molar-refractivity contribution in [1.29, 1.82) is 0 Å². The number of nitrogens with one attached hydrogen (secondary N) is 1. The van der Waals surface area contributed by atoms with Crippen LogP contribution in [0.3, 0.4) is 0 Å². The molecule has 0 unspecified atom stereocenters. The Morgan fingerprint density at radius 1 is 1.10 bits per heavy atom. The molecule has 5 heteroatoms. The molecule has 0 saturated carbocycles. The van der Waals surface area contributed by atoms with Crippen molar-refractivity contribution in [2.24, 2.45) is 0 Å². The number of anilines is 2. The highest BCUT2D eigenvalue weighted by Gasteiger charge is 2.19. The van der Waals surface area contributed by atoms with Gasteiger partial charge in [-0.05, 0) is 24.5 Å². The Morgan fingerprint density at radius 3 is 2.71 bits per heavy atom. The molecular formula is C16H21N5. The van der Waals surface area contributed by atoms with Gasteiger partial charge in [-0.3, -0.25) is 0 Å². The van der Waals surface area contributed by atoms with E-state index in [0.29, 0.717) is 5.95 Å². The lowest BCUT2D eigenvalue weighted by Gasteiger charge is -2.22. The highest BCUT2D eigenvalue weighted by Crippen LogP contribution is 2.27. The first kappa shape index (κ1) is 13.9. The van der Waals surface area contributed by atoms with E-state index in [2.05, 4.69) is 58.5 Å². The molecule has 1 N–H and O–H groups in total. The first-order chi connectivity index (χ1) is 10.3. The van der Waals surface area contributed by atoms with Crippen LogP contribution in [0.25, 0.3) is 0 Å². The smallest absolute Gasteiger partial charge is 0.250 e. The molecule has 0 radical (unpaired) electrons. The topological polar surface area (TPSA) is 53.9 Å². The molecule has 2 aromatic rings.